The highest BCUT2D eigenvalue weighted by molar-refractivity contribution is 6.99. The molecule has 3 aromatic carbocycles. The van der Waals surface area contributed by atoms with E-state index in [4.69, 9.17) is 13.9 Å². The number of nitrogens with zero attached hydrogens (tertiary/aromatic N) is 1. The van der Waals surface area contributed by atoms with E-state index < -0.39 is 8.32 Å². The molecule has 6 heteroatoms. The van der Waals surface area contributed by atoms with Crippen LogP contribution in [0, 0.1) is 5.92 Å². The Morgan fingerprint density at radius 1 is 0.786 bits per heavy atom. The molecule has 1 aliphatic rings. The van der Waals surface area contributed by atoms with Gasteiger partial charge in [-0.05, 0) is 60.3 Å². The van der Waals surface area contributed by atoms with Gasteiger partial charge in [0, 0.05) is 25.2 Å². The van der Waals surface area contributed by atoms with Crippen LogP contribution in [-0.2, 0) is 13.9 Å². The topological polar surface area (TPSA) is 43.0 Å². The number of rotatable bonds is 15. The Morgan fingerprint density at radius 3 is 1.88 bits per heavy atom. The van der Waals surface area contributed by atoms with Gasteiger partial charge in [-0.15, -0.1) is 0 Å². The summed E-state index contributed by atoms with van der Waals surface area (Å²) in [6, 6.07) is 33.2. The van der Waals surface area contributed by atoms with Gasteiger partial charge < -0.3 is 24.1 Å². The molecular weight excluding hydrogens is 536 g/mol. The quantitative estimate of drug-likeness (QED) is 0.183. The first-order valence-corrected chi connectivity index (χ1v) is 17.6. The minimum atomic E-state index is -2.52. The summed E-state index contributed by atoms with van der Waals surface area (Å²) < 4.78 is 19.0. The fraction of sp³-hybridized carbons (Fsp3) is 0.500. The van der Waals surface area contributed by atoms with Crippen molar-refractivity contribution in [1.82, 2.24) is 10.2 Å². The molecule has 0 aromatic heterocycles. The van der Waals surface area contributed by atoms with E-state index in [-0.39, 0.29) is 5.04 Å². The Labute approximate surface area is 255 Å². The molecule has 0 spiro atoms. The van der Waals surface area contributed by atoms with Gasteiger partial charge in [-0.2, -0.15) is 0 Å². The van der Waals surface area contributed by atoms with Crippen molar-refractivity contribution in [3.8, 4) is 0 Å². The number of nitrogens with one attached hydrogen (secondary N) is 1. The summed E-state index contributed by atoms with van der Waals surface area (Å²) in [5.41, 5.74) is 1.35. The first-order valence-electron chi connectivity index (χ1n) is 15.7. The molecule has 0 amide bonds. The first kappa shape index (κ1) is 32.6. The third-order valence-electron chi connectivity index (χ3n) is 8.67. The van der Waals surface area contributed by atoms with Crippen molar-refractivity contribution in [1.29, 1.82) is 0 Å². The molecular formula is C36H52N2O3Si. The van der Waals surface area contributed by atoms with Crippen LogP contribution in [0.3, 0.4) is 0 Å². The maximum absolute atomic E-state index is 6.92. The highest BCUT2D eigenvalue weighted by Gasteiger charge is 2.50. The van der Waals surface area contributed by atoms with Gasteiger partial charge >= 0.3 is 0 Å². The third-order valence-corrected chi connectivity index (χ3v) is 13.7. The molecule has 228 valence electrons. The van der Waals surface area contributed by atoms with E-state index in [1.54, 1.807) is 0 Å². The van der Waals surface area contributed by atoms with Crippen LogP contribution < -0.4 is 15.7 Å². The zero-order valence-electron chi connectivity index (χ0n) is 26.4. The van der Waals surface area contributed by atoms with Gasteiger partial charge in [0.2, 0.25) is 0 Å². The summed E-state index contributed by atoms with van der Waals surface area (Å²) in [5.74, 6) is 0.579. The molecule has 1 saturated heterocycles. The fourth-order valence-electron chi connectivity index (χ4n) is 6.46. The van der Waals surface area contributed by atoms with Crippen LogP contribution in [-0.4, -0.2) is 72.4 Å². The molecule has 1 heterocycles. The van der Waals surface area contributed by atoms with Crippen LogP contribution in [0.15, 0.2) is 91.0 Å². The average Bonchev–Trinajstić information content (AvgIpc) is 3.00. The minimum Gasteiger partial charge on any atom is -0.405 e. The van der Waals surface area contributed by atoms with Gasteiger partial charge in [-0.25, -0.2) is 0 Å². The smallest absolute Gasteiger partial charge is 0.261 e. The van der Waals surface area contributed by atoms with Crippen LogP contribution in [0.4, 0.5) is 0 Å². The van der Waals surface area contributed by atoms with E-state index in [0.717, 1.165) is 26.1 Å². The number of benzene rings is 3. The molecule has 3 atom stereocenters. The first-order chi connectivity index (χ1) is 20.3. The highest BCUT2D eigenvalue weighted by atomic mass is 28.4. The second-order valence-corrected chi connectivity index (χ2v) is 17.0. The molecule has 4 rings (SSSR count). The number of hydrogen-bond acceptors (Lipinski definition) is 5. The van der Waals surface area contributed by atoms with Gasteiger partial charge in [0.25, 0.3) is 8.32 Å². The summed E-state index contributed by atoms with van der Waals surface area (Å²) >= 11 is 0. The lowest BCUT2D eigenvalue weighted by Crippen LogP contribution is -2.66. The van der Waals surface area contributed by atoms with Crippen molar-refractivity contribution in [3.63, 3.8) is 0 Å². The Hall–Kier alpha value is -2.32. The van der Waals surface area contributed by atoms with E-state index in [1.165, 1.54) is 22.4 Å². The van der Waals surface area contributed by atoms with E-state index in [2.05, 4.69) is 136 Å². The monoisotopic (exact) mass is 588 g/mol. The maximum Gasteiger partial charge on any atom is 0.261 e. The summed E-state index contributed by atoms with van der Waals surface area (Å²) in [5, 5.41) is 6.47. The van der Waals surface area contributed by atoms with Crippen molar-refractivity contribution in [2.45, 2.75) is 57.7 Å². The second-order valence-electron chi connectivity index (χ2n) is 12.7. The number of ether oxygens (including phenoxy) is 2. The molecule has 1 aliphatic heterocycles. The van der Waals surface area contributed by atoms with Gasteiger partial charge in [-0.3, -0.25) is 0 Å². The van der Waals surface area contributed by atoms with Crippen molar-refractivity contribution in [2.24, 2.45) is 5.92 Å². The van der Waals surface area contributed by atoms with Crippen molar-refractivity contribution in [2.75, 3.05) is 53.2 Å². The molecule has 0 bridgehead atoms. The zero-order valence-corrected chi connectivity index (χ0v) is 27.4. The molecule has 1 N–H and O–H groups in total. The van der Waals surface area contributed by atoms with E-state index in [0.29, 0.717) is 44.4 Å². The normalized spacial score (nSPS) is 19.1. The molecule has 0 aliphatic carbocycles. The van der Waals surface area contributed by atoms with Crippen LogP contribution in [0.1, 0.15) is 52.1 Å². The van der Waals surface area contributed by atoms with E-state index in [1.807, 2.05) is 0 Å². The Morgan fingerprint density at radius 2 is 1.31 bits per heavy atom. The van der Waals surface area contributed by atoms with E-state index >= 15 is 0 Å². The predicted octanol–water partition coefficient (Wildman–Crippen LogP) is 5.66. The lowest BCUT2D eigenvalue weighted by atomic mass is 9.88. The highest BCUT2D eigenvalue weighted by Crippen LogP contribution is 2.36. The molecule has 3 aromatic rings. The third kappa shape index (κ3) is 8.62. The van der Waals surface area contributed by atoms with Gasteiger partial charge in [-0.1, -0.05) is 112 Å². The largest absolute Gasteiger partial charge is 0.405 e. The SMILES string of the molecule is C[C@@H](N[C@H]1CCN(C)C[C@H]1CCOCCOCCO[Si](c1ccccc1)(c1ccccc1)C(C)(C)C)c1ccccc1. The lowest BCUT2D eigenvalue weighted by molar-refractivity contribution is 0.0256. The van der Waals surface area contributed by atoms with Crippen molar-refractivity contribution in [3.05, 3.63) is 96.6 Å². The van der Waals surface area contributed by atoms with Crippen LogP contribution >= 0.6 is 0 Å². The van der Waals surface area contributed by atoms with Gasteiger partial charge in [0.15, 0.2) is 0 Å². The Kier molecular flexibility index (Phi) is 12.4. The zero-order chi connectivity index (χ0) is 29.8. The fourth-order valence-corrected chi connectivity index (χ4v) is 11.0. The van der Waals surface area contributed by atoms with E-state index in [9.17, 15) is 0 Å². The van der Waals surface area contributed by atoms with Gasteiger partial charge in [0.1, 0.15) is 0 Å². The molecule has 5 nitrogen and oxygen atoms in total. The van der Waals surface area contributed by atoms with Crippen molar-refractivity contribution >= 4 is 18.7 Å². The van der Waals surface area contributed by atoms with Crippen LogP contribution in [0.25, 0.3) is 0 Å². The molecule has 0 unspecified atom stereocenters. The predicted molar refractivity (Wildman–Crippen MR) is 177 cm³/mol. The number of hydrogen-bond donors (Lipinski definition) is 1. The summed E-state index contributed by atoms with van der Waals surface area (Å²) in [6.45, 7) is 14.5. The molecule has 1 fully saturated rings. The standard InChI is InChI=1S/C36H52N2O3Si/c1-30(31-15-9-6-10-16-31)37-35-21-23-38(5)29-32(35)22-24-39-25-26-40-27-28-41-42(36(2,3)4,33-17-11-7-12-18-33)34-19-13-8-14-20-34/h6-20,30,32,35,37H,21-29H2,1-5H3/t30-,32-,35+/m1/s1. The number of likely N-dealkylation sites (tertiary alicyclic amines) is 1. The molecule has 42 heavy (non-hydrogen) atoms. The summed E-state index contributed by atoms with van der Waals surface area (Å²) in [4.78, 5) is 2.45. The number of piperidine rings is 1. The van der Waals surface area contributed by atoms with Crippen molar-refractivity contribution < 1.29 is 13.9 Å². The van der Waals surface area contributed by atoms with Crippen LogP contribution in [0.2, 0.25) is 5.04 Å². The average molecular weight is 589 g/mol. The van der Waals surface area contributed by atoms with Crippen LogP contribution in [0.5, 0.6) is 0 Å². The van der Waals surface area contributed by atoms with Gasteiger partial charge in [0.05, 0.1) is 26.4 Å². The molecule has 0 saturated carbocycles. The molecule has 0 radical (unpaired) electrons. The summed E-state index contributed by atoms with van der Waals surface area (Å²) in [6.07, 6.45) is 2.23. The Bertz CT molecular complexity index is 1120. The summed E-state index contributed by atoms with van der Waals surface area (Å²) in [7, 11) is -0.287. The Balaban J connectivity index is 1.21. The minimum absolute atomic E-state index is 0.0301. The lowest BCUT2D eigenvalue weighted by Gasteiger charge is -2.43. The second kappa shape index (κ2) is 15.9. The maximum atomic E-state index is 6.92.